The third-order valence-electron chi connectivity index (χ3n) is 1.43. The van der Waals surface area contributed by atoms with Gasteiger partial charge in [0.05, 0.1) is 6.54 Å². The number of carbonyl (C=O) groups is 1. The highest BCUT2D eigenvalue weighted by Gasteiger charge is 2.14. The van der Waals surface area contributed by atoms with Crippen molar-refractivity contribution in [3.05, 3.63) is 12.2 Å². The SMILES string of the molecule is O=C1Cn2ncnc2CN1. The maximum absolute atomic E-state index is 10.7. The molecule has 5 heteroatoms. The number of amides is 1. The summed E-state index contributed by atoms with van der Waals surface area (Å²) >= 11 is 0. The number of fused-ring (bicyclic) bond motifs is 1. The molecule has 0 bridgehead atoms. The Hall–Kier alpha value is -1.39. The van der Waals surface area contributed by atoms with Crippen molar-refractivity contribution < 1.29 is 4.79 Å². The minimum absolute atomic E-state index is 0.00185. The minimum Gasteiger partial charge on any atom is -0.347 e. The predicted octanol–water partition coefficient (Wildman–Crippen LogP) is -1.09. The van der Waals surface area contributed by atoms with E-state index in [1.54, 1.807) is 4.68 Å². The number of nitrogens with zero attached hydrogens (tertiary/aromatic N) is 3. The van der Waals surface area contributed by atoms with E-state index in [4.69, 9.17) is 0 Å². The Kier molecular flexibility index (Phi) is 0.969. The Morgan fingerprint density at radius 2 is 2.60 bits per heavy atom. The van der Waals surface area contributed by atoms with Crippen molar-refractivity contribution in [3.8, 4) is 0 Å². The highest BCUT2D eigenvalue weighted by molar-refractivity contribution is 5.76. The molecule has 1 aliphatic rings. The molecule has 0 aliphatic carbocycles. The molecule has 5 nitrogen and oxygen atoms in total. The van der Waals surface area contributed by atoms with E-state index in [1.165, 1.54) is 6.33 Å². The number of aromatic nitrogens is 3. The van der Waals surface area contributed by atoms with Crippen LogP contribution in [0.5, 0.6) is 0 Å². The largest absolute Gasteiger partial charge is 0.347 e. The zero-order chi connectivity index (χ0) is 6.97. The van der Waals surface area contributed by atoms with Crippen LogP contribution in [-0.4, -0.2) is 20.7 Å². The second kappa shape index (κ2) is 1.80. The molecule has 0 saturated heterocycles. The fraction of sp³-hybridized carbons (Fsp3) is 0.400. The maximum atomic E-state index is 10.7. The normalized spacial score (nSPS) is 16.2. The summed E-state index contributed by atoms with van der Waals surface area (Å²) in [6.45, 7) is 0.800. The zero-order valence-corrected chi connectivity index (χ0v) is 5.24. The quantitative estimate of drug-likeness (QED) is 0.495. The third kappa shape index (κ3) is 0.671. The van der Waals surface area contributed by atoms with Crippen LogP contribution >= 0.6 is 0 Å². The first-order valence-electron chi connectivity index (χ1n) is 2.99. The lowest BCUT2D eigenvalue weighted by atomic mass is 10.4. The fourth-order valence-corrected chi connectivity index (χ4v) is 0.927. The van der Waals surface area contributed by atoms with Crippen LogP contribution in [0, 0.1) is 0 Å². The van der Waals surface area contributed by atoms with E-state index in [2.05, 4.69) is 15.4 Å². The average Bonchev–Trinajstić information content (AvgIpc) is 2.33. The molecular formula is C5H6N4O. The van der Waals surface area contributed by atoms with Gasteiger partial charge in [-0.25, -0.2) is 9.67 Å². The first-order chi connectivity index (χ1) is 4.86. The van der Waals surface area contributed by atoms with E-state index in [0.717, 1.165) is 5.82 Å². The van der Waals surface area contributed by atoms with Crippen molar-refractivity contribution in [1.82, 2.24) is 20.1 Å². The second-order valence-electron chi connectivity index (χ2n) is 2.11. The first-order valence-corrected chi connectivity index (χ1v) is 2.99. The van der Waals surface area contributed by atoms with Crippen LogP contribution in [0.4, 0.5) is 0 Å². The lowest BCUT2D eigenvalue weighted by Crippen LogP contribution is -2.34. The highest BCUT2D eigenvalue weighted by atomic mass is 16.2. The molecule has 0 aromatic carbocycles. The molecule has 1 aromatic rings. The molecule has 0 unspecified atom stereocenters. The van der Waals surface area contributed by atoms with Crippen LogP contribution < -0.4 is 5.32 Å². The van der Waals surface area contributed by atoms with Crippen LogP contribution in [0.3, 0.4) is 0 Å². The van der Waals surface area contributed by atoms with Crippen molar-refractivity contribution in [2.45, 2.75) is 13.1 Å². The van der Waals surface area contributed by atoms with Gasteiger partial charge in [-0.15, -0.1) is 0 Å². The number of hydrogen-bond acceptors (Lipinski definition) is 3. The van der Waals surface area contributed by atoms with Gasteiger partial charge in [0.25, 0.3) is 0 Å². The first kappa shape index (κ1) is 5.40. The van der Waals surface area contributed by atoms with Gasteiger partial charge < -0.3 is 5.32 Å². The summed E-state index contributed by atoms with van der Waals surface area (Å²) in [5.74, 6) is 0.817. The van der Waals surface area contributed by atoms with Crippen LogP contribution in [0.25, 0.3) is 0 Å². The molecule has 52 valence electrons. The van der Waals surface area contributed by atoms with Gasteiger partial charge >= 0.3 is 0 Å². The number of rotatable bonds is 0. The number of carbonyl (C=O) groups excluding carboxylic acids is 1. The van der Waals surface area contributed by atoms with E-state index in [0.29, 0.717) is 13.1 Å². The minimum atomic E-state index is -0.00185. The Labute approximate surface area is 57.1 Å². The molecule has 10 heavy (non-hydrogen) atoms. The second-order valence-corrected chi connectivity index (χ2v) is 2.11. The van der Waals surface area contributed by atoms with Crippen molar-refractivity contribution in [1.29, 1.82) is 0 Å². The van der Waals surface area contributed by atoms with Crippen LogP contribution in [0.1, 0.15) is 5.82 Å². The van der Waals surface area contributed by atoms with Crippen molar-refractivity contribution in [2.75, 3.05) is 0 Å². The molecule has 2 heterocycles. The molecule has 1 amide bonds. The van der Waals surface area contributed by atoms with Crippen molar-refractivity contribution in [3.63, 3.8) is 0 Å². The topological polar surface area (TPSA) is 59.8 Å². The van der Waals surface area contributed by atoms with Gasteiger partial charge in [-0.1, -0.05) is 0 Å². The van der Waals surface area contributed by atoms with Gasteiger partial charge in [-0.05, 0) is 0 Å². The summed E-state index contributed by atoms with van der Waals surface area (Å²) in [6.07, 6.45) is 1.45. The van der Waals surface area contributed by atoms with Crippen molar-refractivity contribution >= 4 is 5.91 Å². The lowest BCUT2D eigenvalue weighted by molar-refractivity contribution is -0.122. The number of hydrogen-bond donors (Lipinski definition) is 1. The molecule has 0 radical (unpaired) electrons. The summed E-state index contributed by atoms with van der Waals surface area (Å²) < 4.78 is 1.60. The average molecular weight is 138 g/mol. The Morgan fingerprint density at radius 3 is 3.50 bits per heavy atom. The highest BCUT2D eigenvalue weighted by Crippen LogP contribution is 1.97. The smallest absolute Gasteiger partial charge is 0.242 e. The van der Waals surface area contributed by atoms with Crippen molar-refractivity contribution in [2.24, 2.45) is 0 Å². The molecule has 0 fully saturated rings. The Balaban J connectivity index is 2.39. The van der Waals surface area contributed by atoms with Crippen LogP contribution in [-0.2, 0) is 17.9 Å². The summed E-state index contributed by atoms with van der Waals surface area (Å²) in [4.78, 5) is 14.7. The Bertz CT molecular complexity index is 266. The third-order valence-corrected chi connectivity index (χ3v) is 1.43. The summed E-state index contributed by atoms with van der Waals surface area (Å²) in [6, 6.07) is 0. The van der Waals surface area contributed by atoms with E-state index in [-0.39, 0.29) is 5.91 Å². The maximum Gasteiger partial charge on any atom is 0.242 e. The molecule has 1 N–H and O–H groups in total. The summed E-state index contributed by atoms with van der Waals surface area (Å²) in [5, 5.41) is 6.51. The molecule has 2 rings (SSSR count). The van der Waals surface area contributed by atoms with Gasteiger partial charge in [0.1, 0.15) is 18.7 Å². The molecule has 0 atom stereocenters. The molecule has 0 spiro atoms. The van der Waals surface area contributed by atoms with E-state index < -0.39 is 0 Å². The van der Waals surface area contributed by atoms with Gasteiger partial charge in [0, 0.05) is 0 Å². The summed E-state index contributed by atoms with van der Waals surface area (Å²) in [7, 11) is 0. The van der Waals surface area contributed by atoms with E-state index in [9.17, 15) is 4.79 Å². The lowest BCUT2D eigenvalue weighted by Gasteiger charge is -2.11. The summed E-state index contributed by atoms with van der Waals surface area (Å²) in [5.41, 5.74) is 0. The van der Waals surface area contributed by atoms with Gasteiger partial charge in [-0.3, -0.25) is 4.79 Å². The molecule has 0 saturated carbocycles. The zero-order valence-electron chi connectivity index (χ0n) is 5.24. The van der Waals surface area contributed by atoms with E-state index in [1.807, 2.05) is 0 Å². The molecule has 1 aliphatic heterocycles. The molecule has 1 aromatic heterocycles. The monoisotopic (exact) mass is 138 g/mol. The van der Waals surface area contributed by atoms with Crippen LogP contribution in [0.15, 0.2) is 6.33 Å². The standard InChI is InChI=1S/C5H6N4O/c10-5-2-9-4(1-6-5)7-3-8-9/h3H,1-2H2,(H,6,10). The fourth-order valence-electron chi connectivity index (χ4n) is 0.927. The van der Waals surface area contributed by atoms with Gasteiger partial charge in [0.2, 0.25) is 5.91 Å². The Morgan fingerprint density at radius 1 is 1.70 bits per heavy atom. The molecular weight excluding hydrogens is 132 g/mol. The predicted molar refractivity (Wildman–Crippen MR) is 31.9 cm³/mol. The van der Waals surface area contributed by atoms with E-state index >= 15 is 0 Å². The number of nitrogens with one attached hydrogen (secondary N) is 1. The van der Waals surface area contributed by atoms with Gasteiger partial charge in [-0.2, -0.15) is 5.10 Å². The van der Waals surface area contributed by atoms with Gasteiger partial charge in [0.15, 0.2) is 0 Å². The van der Waals surface area contributed by atoms with Crippen LogP contribution in [0.2, 0.25) is 0 Å².